The summed E-state index contributed by atoms with van der Waals surface area (Å²) < 4.78 is 24.5. The lowest BCUT2D eigenvalue weighted by molar-refractivity contribution is -0.155. The SMILES string of the molecule is OC(COCC(OCC(O)CN1CCCC1)C(COCC(O)CN1CCCC1)OCC(O)CN1CCCC1)CN1CCCC1. The summed E-state index contributed by atoms with van der Waals surface area (Å²) in [5.41, 5.74) is 0. The number of aliphatic hydroxyl groups excluding tert-OH is 4. The number of ether oxygens (including phenoxy) is 4. The Kier molecular flexibility index (Phi) is 17.1. The third-order valence-corrected chi connectivity index (χ3v) is 9.28. The van der Waals surface area contributed by atoms with Crippen molar-refractivity contribution in [3.05, 3.63) is 0 Å². The lowest BCUT2D eigenvalue weighted by Gasteiger charge is -2.31. The fourth-order valence-corrected chi connectivity index (χ4v) is 6.90. The monoisotopic (exact) mass is 630 g/mol. The van der Waals surface area contributed by atoms with Crippen molar-refractivity contribution in [3.63, 3.8) is 0 Å². The van der Waals surface area contributed by atoms with E-state index in [9.17, 15) is 20.4 Å². The molecule has 0 aromatic carbocycles. The molecule has 0 radical (unpaired) electrons. The van der Waals surface area contributed by atoms with Crippen LogP contribution in [0.5, 0.6) is 0 Å². The van der Waals surface area contributed by atoms with Crippen LogP contribution in [0.3, 0.4) is 0 Å². The fraction of sp³-hybridized carbons (Fsp3) is 1.00. The molecule has 0 aromatic rings. The Morgan fingerprint density at radius 3 is 0.886 bits per heavy atom. The van der Waals surface area contributed by atoms with Crippen molar-refractivity contribution < 1.29 is 39.4 Å². The highest BCUT2D eigenvalue weighted by Crippen LogP contribution is 2.14. The third kappa shape index (κ3) is 14.1. The first-order valence-corrected chi connectivity index (χ1v) is 17.4. The molecule has 0 spiro atoms. The Morgan fingerprint density at radius 2 is 0.614 bits per heavy atom. The third-order valence-electron chi connectivity index (χ3n) is 9.28. The van der Waals surface area contributed by atoms with E-state index >= 15 is 0 Å². The molecular formula is C32H62N4O8. The van der Waals surface area contributed by atoms with Crippen LogP contribution >= 0.6 is 0 Å². The van der Waals surface area contributed by atoms with Crippen molar-refractivity contribution in [1.82, 2.24) is 19.6 Å². The Bertz CT molecular complexity index is 673. The average Bonchev–Trinajstić information content (AvgIpc) is 3.83. The molecule has 44 heavy (non-hydrogen) atoms. The zero-order valence-corrected chi connectivity index (χ0v) is 27.1. The molecule has 4 aliphatic rings. The van der Waals surface area contributed by atoms with Crippen LogP contribution < -0.4 is 0 Å². The molecule has 4 rings (SSSR count). The van der Waals surface area contributed by atoms with Gasteiger partial charge in [-0.25, -0.2) is 0 Å². The number of rotatable bonds is 23. The van der Waals surface area contributed by atoms with Gasteiger partial charge >= 0.3 is 0 Å². The van der Waals surface area contributed by atoms with Gasteiger partial charge in [0.2, 0.25) is 0 Å². The van der Waals surface area contributed by atoms with Crippen LogP contribution in [0, 0.1) is 0 Å². The smallest absolute Gasteiger partial charge is 0.109 e. The number of hydrogen-bond acceptors (Lipinski definition) is 12. The molecule has 0 aromatic heterocycles. The molecule has 12 heteroatoms. The molecule has 4 saturated heterocycles. The predicted molar refractivity (Wildman–Crippen MR) is 168 cm³/mol. The molecule has 0 aliphatic carbocycles. The molecule has 0 saturated carbocycles. The van der Waals surface area contributed by atoms with Gasteiger partial charge in [0, 0.05) is 26.2 Å². The maximum Gasteiger partial charge on any atom is 0.109 e. The molecular weight excluding hydrogens is 568 g/mol. The molecule has 0 amide bonds. The first kappa shape index (κ1) is 36.4. The predicted octanol–water partition coefficient (Wildman–Crippen LogP) is -0.383. The van der Waals surface area contributed by atoms with E-state index in [0.29, 0.717) is 26.2 Å². The van der Waals surface area contributed by atoms with E-state index in [4.69, 9.17) is 18.9 Å². The van der Waals surface area contributed by atoms with Crippen molar-refractivity contribution in [2.24, 2.45) is 0 Å². The van der Waals surface area contributed by atoms with E-state index in [2.05, 4.69) is 19.6 Å². The highest BCUT2D eigenvalue weighted by Gasteiger charge is 2.29. The van der Waals surface area contributed by atoms with Crippen LogP contribution in [0.2, 0.25) is 0 Å². The summed E-state index contributed by atoms with van der Waals surface area (Å²) >= 11 is 0. The first-order chi connectivity index (χ1) is 21.4. The zero-order valence-electron chi connectivity index (χ0n) is 27.1. The Balaban J connectivity index is 1.31. The highest BCUT2D eigenvalue weighted by atomic mass is 16.6. The number of hydrogen-bond donors (Lipinski definition) is 4. The van der Waals surface area contributed by atoms with Gasteiger partial charge in [0.05, 0.1) is 64.1 Å². The molecule has 6 atom stereocenters. The number of likely N-dealkylation sites (tertiary alicyclic amines) is 4. The van der Waals surface area contributed by atoms with E-state index in [1.54, 1.807) is 0 Å². The van der Waals surface area contributed by atoms with Gasteiger partial charge < -0.3 is 59.0 Å². The largest absolute Gasteiger partial charge is 0.389 e. The van der Waals surface area contributed by atoms with Gasteiger partial charge in [0.15, 0.2) is 0 Å². The number of β-amino-alcohol motifs (C(OH)–C–C–N with tert-alkyl or cyclic N) is 4. The van der Waals surface area contributed by atoms with Crippen molar-refractivity contribution >= 4 is 0 Å². The second-order valence-corrected chi connectivity index (χ2v) is 13.5. The van der Waals surface area contributed by atoms with Crippen molar-refractivity contribution in [3.8, 4) is 0 Å². The van der Waals surface area contributed by atoms with E-state index in [0.717, 1.165) is 78.0 Å². The van der Waals surface area contributed by atoms with Gasteiger partial charge in [0.1, 0.15) is 12.2 Å². The average molecular weight is 631 g/mol. The standard InChI is InChI=1S/C32H62N4O8/c37-27(17-33-9-1-2-10-33)21-41-25-31(43-23-29(39)19-35-13-5-6-14-35)32(44-24-30(40)20-36-15-7-8-16-36)26-42-22-28(38)18-34-11-3-4-12-34/h27-32,37-40H,1-26H2. The van der Waals surface area contributed by atoms with Crippen LogP contribution in [0.15, 0.2) is 0 Å². The highest BCUT2D eigenvalue weighted by molar-refractivity contribution is 4.78. The Labute approximate surface area is 265 Å². The van der Waals surface area contributed by atoms with Gasteiger partial charge in [-0.1, -0.05) is 0 Å². The van der Waals surface area contributed by atoms with Crippen LogP contribution in [-0.2, 0) is 18.9 Å². The van der Waals surface area contributed by atoms with Crippen LogP contribution in [0.1, 0.15) is 51.4 Å². The molecule has 258 valence electrons. The summed E-state index contributed by atoms with van der Waals surface area (Å²) in [5, 5.41) is 42.7. The summed E-state index contributed by atoms with van der Waals surface area (Å²) in [7, 11) is 0. The van der Waals surface area contributed by atoms with E-state index in [1.807, 2.05) is 0 Å². The Hall–Kier alpha value is -0.480. The molecule has 4 N–H and O–H groups in total. The first-order valence-electron chi connectivity index (χ1n) is 17.4. The molecule has 0 bridgehead atoms. The van der Waals surface area contributed by atoms with Crippen LogP contribution in [-0.4, -0.2) is 195 Å². The van der Waals surface area contributed by atoms with Gasteiger partial charge in [0.25, 0.3) is 0 Å². The molecule has 4 heterocycles. The molecule has 4 aliphatic heterocycles. The maximum absolute atomic E-state index is 10.8. The second kappa shape index (κ2) is 20.7. The Morgan fingerprint density at radius 1 is 0.364 bits per heavy atom. The van der Waals surface area contributed by atoms with Crippen LogP contribution in [0.25, 0.3) is 0 Å². The van der Waals surface area contributed by atoms with Gasteiger partial charge in [-0.05, 0) is 104 Å². The minimum atomic E-state index is -0.652. The molecule has 4 fully saturated rings. The normalized spacial score (nSPS) is 25.1. The summed E-state index contributed by atoms with van der Waals surface area (Å²) in [6.45, 7) is 11.2. The fourth-order valence-electron chi connectivity index (χ4n) is 6.90. The zero-order chi connectivity index (χ0) is 31.0. The lowest BCUT2D eigenvalue weighted by atomic mass is 10.2. The summed E-state index contributed by atoms with van der Waals surface area (Å²) in [6.07, 6.45) is 5.59. The van der Waals surface area contributed by atoms with Crippen molar-refractivity contribution in [2.75, 3.05) is 118 Å². The van der Waals surface area contributed by atoms with E-state index in [-0.39, 0.29) is 39.6 Å². The minimum absolute atomic E-state index is 0.120. The lowest BCUT2D eigenvalue weighted by Crippen LogP contribution is -2.45. The van der Waals surface area contributed by atoms with Crippen molar-refractivity contribution in [1.29, 1.82) is 0 Å². The van der Waals surface area contributed by atoms with Gasteiger partial charge in [-0.2, -0.15) is 0 Å². The van der Waals surface area contributed by atoms with Gasteiger partial charge in [-0.3, -0.25) is 0 Å². The molecule has 12 nitrogen and oxygen atoms in total. The number of aliphatic hydroxyl groups is 4. The summed E-state index contributed by atoms with van der Waals surface area (Å²) in [6, 6.07) is 0. The van der Waals surface area contributed by atoms with E-state index in [1.165, 1.54) is 25.7 Å². The summed E-state index contributed by atoms with van der Waals surface area (Å²) in [5.74, 6) is 0. The van der Waals surface area contributed by atoms with Gasteiger partial charge in [-0.15, -0.1) is 0 Å². The van der Waals surface area contributed by atoms with Crippen LogP contribution in [0.4, 0.5) is 0 Å². The second-order valence-electron chi connectivity index (χ2n) is 13.5. The quantitative estimate of drug-likeness (QED) is 0.117. The van der Waals surface area contributed by atoms with E-state index < -0.39 is 36.6 Å². The summed E-state index contributed by atoms with van der Waals surface area (Å²) in [4.78, 5) is 9.01. The minimum Gasteiger partial charge on any atom is -0.389 e. The maximum atomic E-state index is 10.8. The molecule has 6 unspecified atom stereocenters. The van der Waals surface area contributed by atoms with Crippen molar-refractivity contribution in [2.45, 2.75) is 88.0 Å². The topological polar surface area (TPSA) is 131 Å². The number of nitrogens with zero attached hydrogens (tertiary/aromatic N) is 4.